The number of halogens is 2. The van der Waals surface area contributed by atoms with Crippen molar-refractivity contribution >= 4 is 58.2 Å². The van der Waals surface area contributed by atoms with E-state index in [2.05, 4.69) is 0 Å². The lowest BCUT2D eigenvalue weighted by atomic mass is 10.0. The lowest BCUT2D eigenvalue weighted by Crippen LogP contribution is -2.61. The van der Waals surface area contributed by atoms with Crippen molar-refractivity contribution in [2.24, 2.45) is 0 Å². The quantitative estimate of drug-likeness (QED) is 0.233. The van der Waals surface area contributed by atoms with Gasteiger partial charge in [-0.15, -0.1) is 11.3 Å². The standard InChI is InChI=1S/C32H35Cl2N3O5S/c1-2-42-31(40)22-35(16-13-23-5-9-25(33)10-6-23)29(38)20-28-32(41)36(17-14-24-7-11-26(34)12-8-24)21-30(39)37(28)18-15-27-4-3-19-43-27/h3-12,19,28H,2,13-18,20-22H2,1H3. The van der Waals surface area contributed by atoms with Gasteiger partial charge in [-0.25, -0.2) is 0 Å². The van der Waals surface area contributed by atoms with E-state index in [1.54, 1.807) is 42.5 Å². The fraction of sp³-hybridized carbons (Fsp3) is 0.375. The van der Waals surface area contributed by atoms with E-state index in [1.807, 2.05) is 41.8 Å². The molecule has 8 nitrogen and oxygen atoms in total. The van der Waals surface area contributed by atoms with E-state index in [0.29, 0.717) is 42.4 Å². The average molecular weight is 645 g/mol. The van der Waals surface area contributed by atoms with Crippen LogP contribution >= 0.6 is 34.5 Å². The maximum atomic E-state index is 13.9. The Morgan fingerprint density at radius 2 is 1.58 bits per heavy atom. The minimum atomic E-state index is -0.973. The topological polar surface area (TPSA) is 87.2 Å². The number of piperazine rings is 1. The Morgan fingerprint density at radius 3 is 2.19 bits per heavy atom. The largest absolute Gasteiger partial charge is 0.465 e. The van der Waals surface area contributed by atoms with Crippen LogP contribution in [0, 0.1) is 0 Å². The van der Waals surface area contributed by atoms with Crippen LogP contribution in [-0.2, 0) is 43.2 Å². The fourth-order valence-electron chi connectivity index (χ4n) is 4.98. The predicted octanol–water partition coefficient (Wildman–Crippen LogP) is 4.90. The molecule has 2 heterocycles. The van der Waals surface area contributed by atoms with E-state index in [4.69, 9.17) is 27.9 Å². The first-order valence-corrected chi connectivity index (χ1v) is 15.9. The molecule has 0 radical (unpaired) electrons. The second-order valence-electron chi connectivity index (χ2n) is 10.3. The summed E-state index contributed by atoms with van der Waals surface area (Å²) in [6, 6.07) is 17.6. The molecule has 2 aromatic carbocycles. The van der Waals surface area contributed by atoms with Crippen molar-refractivity contribution in [2.75, 3.05) is 39.3 Å². The minimum Gasteiger partial charge on any atom is -0.465 e. The predicted molar refractivity (Wildman–Crippen MR) is 168 cm³/mol. The first-order chi connectivity index (χ1) is 20.7. The van der Waals surface area contributed by atoms with Crippen LogP contribution in [0.25, 0.3) is 0 Å². The molecule has 1 aliphatic rings. The van der Waals surface area contributed by atoms with E-state index >= 15 is 0 Å². The van der Waals surface area contributed by atoms with Gasteiger partial charge >= 0.3 is 5.97 Å². The molecule has 0 saturated carbocycles. The molecular weight excluding hydrogens is 609 g/mol. The van der Waals surface area contributed by atoms with Crippen molar-refractivity contribution in [2.45, 2.75) is 38.6 Å². The van der Waals surface area contributed by atoms with Gasteiger partial charge in [0.25, 0.3) is 0 Å². The van der Waals surface area contributed by atoms with Crippen LogP contribution in [0.15, 0.2) is 66.0 Å². The number of thiophene rings is 1. The number of carbonyl (C=O) groups excluding carboxylic acids is 4. The van der Waals surface area contributed by atoms with Crippen molar-refractivity contribution < 1.29 is 23.9 Å². The third-order valence-electron chi connectivity index (χ3n) is 7.31. The summed E-state index contributed by atoms with van der Waals surface area (Å²) < 4.78 is 5.12. The Kier molecular flexibility index (Phi) is 12.0. The molecule has 11 heteroatoms. The summed E-state index contributed by atoms with van der Waals surface area (Å²) in [4.78, 5) is 59.0. The van der Waals surface area contributed by atoms with Crippen molar-refractivity contribution in [3.63, 3.8) is 0 Å². The van der Waals surface area contributed by atoms with E-state index in [0.717, 1.165) is 16.0 Å². The van der Waals surface area contributed by atoms with Gasteiger partial charge in [0.1, 0.15) is 12.6 Å². The zero-order chi connectivity index (χ0) is 30.8. The Hall–Kier alpha value is -3.40. The van der Waals surface area contributed by atoms with Crippen molar-refractivity contribution in [1.29, 1.82) is 0 Å². The van der Waals surface area contributed by atoms with Crippen molar-refractivity contribution in [3.8, 4) is 0 Å². The maximum Gasteiger partial charge on any atom is 0.325 e. The van der Waals surface area contributed by atoms with Crippen LogP contribution in [0.5, 0.6) is 0 Å². The minimum absolute atomic E-state index is 0.0509. The third-order valence-corrected chi connectivity index (χ3v) is 8.75. The van der Waals surface area contributed by atoms with E-state index in [-0.39, 0.29) is 44.5 Å². The van der Waals surface area contributed by atoms with Gasteiger partial charge in [0.15, 0.2) is 0 Å². The summed E-state index contributed by atoms with van der Waals surface area (Å²) in [6.07, 6.45) is 1.37. The highest BCUT2D eigenvalue weighted by atomic mass is 35.5. The highest BCUT2D eigenvalue weighted by Crippen LogP contribution is 2.21. The van der Waals surface area contributed by atoms with Crippen LogP contribution in [0.1, 0.15) is 29.3 Å². The van der Waals surface area contributed by atoms with Crippen LogP contribution in [0.4, 0.5) is 0 Å². The monoisotopic (exact) mass is 643 g/mol. The molecule has 0 aliphatic carbocycles. The number of hydrogen-bond donors (Lipinski definition) is 0. The highest BCUT2D eigenvalue weighted by molar-refractivity contribution is 7.09. The lowest BCUT2D eigenvalue weighted by Gasteiger charge is -2.40. The highest BCUT2D eigenvalue weighted by Gasteiger charge is 2.41. The molecule has 43 heavy (non-hydrogen) atoms. The molecule has 1 fully saturated rings. The fourth-order valence-corrected chi connectivity index (χ4v) is 5.93. The normalized spacial score (nSPS) is 15.1. The Bertz CT molecular complexity index is 1380. The molecule has 1 aromatic heterocycles. The van der Waals surface area contributed by atoms with Gasteiger partial charge in [0.05, 0.1) is 19.6 Å². The van der Waals surface area contributed by atoms with Crippen LogP contribution in [0.2, 0.25) is 10.0 Å². The molecule has 4 rings (SSSR count). The van der Waals surface area contributed by atoms with Gasteiger partial charge in [-0.05, 0) is 73.0 Å². The number of amides is 3. The molecule has 1 unspecified atom stereocenters. The van der Waals surface area contributed by atoms with Crippen LogP contribution in [-0.4, -0.2) is 83.8 Å². The maximum absolute atomic E-state index is 13.9. The number of benzene rings is 2. The Balaban J connectivity index is 1.51. The van der Waals surface area contributed by atoms with Crippen LogP contribution < -0.4 is 0 Å². The summed E-state index contributed by atoms with van der Waals surface area (Å²) >= 11 is 13.6. The number of hydrogen-bond acceptors (Lipinski definition) is 6. The smallest absolute Gasteiger partial charge is 0.325 e. The van der Waals surface area contributed by atoms with Gasteiger partial charge in [-0.3, -0.25) is 19.2 Å². The molecule has 1 atom stereocenters. The summed E-state index contributed by atoms with van der Waals surface area (Å²) in [6.45, 7) is 2.48. The van der Waals surface area contributed by atoms with E-state index in [1.165, 1.54) is 14.7 Å². The van der Waals surface area contributed by atoms with Gasteiger partial charge in [0, 0.05) is 34.6 Å². The molecule has 1 aliphatic heterocycles. The van der Waals surface area contributed by atoms with Gasteiger partial charge < -0.3 is 19.4 Å². The number of nitrogens with zero attached hydrogens (tertiary/aromatic N) is 3. The molecule has 228 valence electrons. The second kappa shape index (κ2) is 15.9. The van der Waals surface area contributed by atoms with Crippen molar-refractivity contribution in [1.82, 2.24) is 14.7 Å². The van der Waals surface area contributed by atoms with Crippen molar-refractivity contribution in [3.05, 3.63) is 92.1 Å². The second-order valence-corrected chi connectivity index (χ2v) is 12.2. The first kappa shape index (κ1) is 32.5. The van der Waals surface area contributed by atoms with E-state index < -0.39 is 17.9 Å². The summed E-state index contributed by atoms with van der Waals surface area (Å²) in [7, 11) is 0. The Morgan fingerprint density at radius 1 is 0.930 bits per heavy atom. The zero-order valence-corrected chi connectivity index (χ0v) is 26.4. The molecule has 0 N–H and O–H groups in total. The molecular formula is C32H35Cl2N3O5S. The number of carbonyl (C=O) groups is 4. The summed E-state index contributed by atoms with van der Waals surface area (Å²) in [5.41, 5.74) is 1.93. The molecule has 3 amide bonds. The molecule has 1 saturated heterocycles. The average Bonchev–Trinajstić information content (AvgIpc) is 3.51. The number of ether oxygens (including phenoxy) is 1. The summed E-state index contributed by atoms with van der Waals surface area (Å²) in [5.74, 6) is -1.41. The zero-order valence-electron chi connectivity index (χ0n) is 24.0. The number of esters is 1. The lowest BCUT2D eigenvalue weighted by molar-refractivity contribution is -0.158. The summed E-state index contributed by atoms with van der Waals surface area (Å²) in [5, 5.41) is 3.19. The molecule has 0 bridgehead atoms. The first-order valence-electron chi connectivity index (χ1n) is 14.3. The van der Waals surface area contributed by atoms with Gasteiger partial charge in [-0.1, -0.05) is 53.5 Å². The van der Waals surface area contributed by atoms with Crippen LogP contribution in [0.3, 0.4) is 0 Å². The molecule has 0 spiro atoms. The van der Waals surface area contributed by atoms with Gasteiger partial charge in [0.2, 0.25) is 17.7 Å². The van der Waals surface area contributed by atoms with E-state index in [9.17, 15) is 19.2 Å². The number of rotatable bonds is 14. The SMILES string of the molecule is CCOC(=O)CN(CCc1ccc(Cl)cc1)C(=O)CC1C(=O)N(CCc2ccc(Cl)cc2)CC(=O)N1CCc1cccs1. The van der Waals surface area contributed by atoms with Gasteiger partial charge in [-0.2, -0.15) is 0 Å². The third kappa shape index (κ3) is 9.55. The molecule has 3 aromatic rings. The Labute approximate surface area is 266 Å².